The second-order valence-electron chi connectivity index (χ2n) is 5.59. The van der Waals surface area contributed by atoms with Crippen molar-refractivity contribution in [2.45, 2.75) is 33.3 Å². The Kier molecular flexibility index (Phi) is 4.28. The minimum Gasteiger partial charge on any atom is -0.391 e. The zero-order chi connectivity index (χ0) is 13.9. The van der Waals surface area contributed by atoms with Gasteiger partial charge in [-0.05, 0) is 11.8 Å². The van der Waals surface area contributed by atoms with E-state index < -0.39 is 11.0 Å². The molecule has 0 aliphatic heterocycles. The van der Waals surface area contributed by atoms with E-state index in [1.54, 1.807) is 7.05 Å². The van der Waals surface area contributed by atoms with Gasteiger partial charge in [0.1, 0.15) is 6.20 Å². The van der Waals surface area contributed by atoms with Crippen molar-refractivity contribution in [2.24, 2.45) is 12.5 Å². The van der Waals surface area contributed by atoms with Crippen LogP contribution < -0.4 is 5.32 Å². The highest BCUT2D eigenvalue weighted by Crippen LogP contribution is 2.23. The van der Waals surface area contributed by atoms with E-state index >= 15 is 0 Å². The van der Waals surface area contributed by atoms with Gasteiger partial charge in [0.15, 0.2) is 0 Å². The molecule has 0 bridgehead atoms. The van der Waals surface area contributed by atoms with E-state index in [2.05, 4.69) is 10.4 Å². The zero-order valence-corrected chi connectivity index (χ0v) is 11.2. The molecule has 1 unspecified atom stereocenters. The van der Waals surface area contributed by atoms with Crippen LogP contribution in [0.5, 0.6) is 0 Å². The summed E-state index contributed by atoms with van der Waals surface area (Å²) >= 11 is 0. The fraction of sp³-hybridized carbons (Fsp3) is 0.727. The number of aryl methyl sites for hydroxylation is 1. The van der Waals surface area contributed by atoms with Gasteiger partial charge in [-0.3, -0.25) is 14.8 Å². The smallest absolute Gasteiger partial charge is 0.330 e. The van der Waals surface area contributed by atoms with Crippen LogP contribution in [0.1, 0.15) is 27.2 Å². The molecule has 18 heavy (non-hydrogen) atoms. The fourth-order valence-corrected chi connectivity index (χ4v) is 1.73. The number of nitrogens with zero attached hydrogens (tertiary/aromatic N) is 3. The van der Waals surface area contributed by atoms with Crippen molar-refractivity contribution in [1.82, 2.24) is 9.78 Å². The van der Waals surface area contributed by atoms with Gasteiger partial charge in [0, 0.05) is 13.6 Å². The molecule has 0 aromatic carbocycles. The summed E-state index contributed by atoms with van der Waals surface area (Å²) in [4.78, 5) is 10.3. The van der Waals surface area contributed by atoms with Gasteiger partial charge in [0.2, 0.25) is 5.82 Å². The number of anilines is 1. The van der Waals surface area contributed by atoms with Crippen LogP contribution >= 0.6 is 0 Å². The minimum absolute atomic E-state index is 0.0111. The Hall–Kier alpha value is -1.63. The molecular weight excluding hydrogens is 236 g/mol. The molecule has 102 valence electrons. The average Bonchev–Trinajstić information content (AvgIpc) is 2.54. The molecule has 0 amide bonds. The van der Waals surface area contributed by atoms with E-state index in [4.69, 9.17) is 0 Å². The second kappa shape index (κ2) is 5.34. The maximum Gasteiger partial charge on any atom is 0.330 e. The first-order valence-electron chi connectivity index (χ1n) is 5.79. The lowest BCUT2D eigenvalue weighted by atomic mass is 9.89. The molecule has 0 saturated heterocycles. The molecule has 0 spiro atoms. The summed E-state index contributed by atoms with van der Waals surface area (Å²) in [6.07, 6.45) is 1.38. The Morgan fingerprint density at radius 3 is 2.72 bits per heavy atom. The Bertz CT molecular complexity index is 422. The molecule has 1 rings (SSSR count). The Morgan fingerprint density at radius 1 is 1.61 bits per heavy atom. The van der Waals surface area contributed by atoms with Crippen LogP contribution in [0.25, 0.3) is 0 Å². The quantitative estimate of drug-likeness (QED) is 0.615. The van der Waals surface area contributed by atoms with Gasteiger partial charge in [-0.2, -0.15) is 0 Å². The standard InChI is InChI=1S/C11H20N4O3/c1-11(2,3)5-8(16)6-12-10-9(15(17)18)7-14(4)13-10/h7-8,16H,5-6H2,1-4H3,(H,12,13). The average molecular weight is 256 g/mol. The van der Waals surface area contributed by atoms with E-state index in [9.17, 15) is 15.2 Å². The number of hydrogen-bond donors (Lipinski definition) is 2. The summed E-state index contributed by atoms with van der Waals surface area (Å²) < 4.78 is 1.37. The molecule has 2 N–H and O–H groups in total. The highest BCUT2D eigenvalue weighted by Gasteiger charge is 2.21. The highest BCUT2D eigenvalue weighted by molar-refractivity contribution is 5.54. The van der Waals surface area contributed by atoms with Crippen molar-refractivity contribution in [1.29, 1.82) is 0 Å². The molecular formula is C11H20N4O3. The number of nitrogens with one attached hydrogen (secondary N) is 1. The maximum atomic E-state index is 10.8. The third-order valence-corrected chi connectivity index (χ3v) is 2.36. The maximum absolute atomic E-state index is 10.8. The van der Waals surface area contributed by atoms with E-state index in [0.717, 1.165) is 0 Å². The van der Waals surface area contributed by atoms with Crippen LogP contribution in [0.15, 0.2) is 6.20 Å². The summed E-state index contributed by atoms with van der Waals surface area (Å²) in [6.45, 7) is 6.33. The molecule has 1 aromatic heterocycles. The monoisotopic (exact) mass is 256 g/mol. The SMILES string of the molecule is Cn1cc([N+](=O)[O-])c(NCC(O)CC(C)(C)C)n1. The van der Waals surface area contributed by atoms with Crippen LogP contribution in [0.4, 0.5) is 11.5 Å². The number of aromatic nitrogens is 2. The third-order valence-electron chi connectivity index (χ3n) is 2.36. The summed E-state index contributed by atoms with van der Waals surface area (Å²) in [7, 11) is 1.61. The number of aliphatic hydroxyl groups excluding tert-OH is 1. The van der Waals surface area contributed by atoms with Crippen molar-refractivity contribution in [3.8, 4) is 0 Å². The molecule has 1 heterocycles. The lowest BCUT2D eigenvalue weighted by Gasteiger charge is -2.22. The van der Waals surface area contributed by atoms with Crippen LogP contribution in [0, 0.1) is 15.5 Å². The first-order chi connectivity index (χ1) is 8.19. The van der Waals surface area contributed by atoms with Gasteiger partial charge >= 0.3 is 5.69 Å². The first-order valence-corrected chi connectivity index (χ1v) is 5.79. The summed E-state index contributed by atoms with van der Waals surface area (Å²) in [5, 5.41) is 27.3. The highest BCUT2D eigenvalue weighted by atomic mass is 16.6. The van der Waals surface area contributed by atoms with Crippen LogP contribution in [-0.2, 0) is 7.05 Å². The number of rotatable bonds is 5. The van der Waals surface area contributed by atoms with E-state index in [0.29, 0.717) is 6.42 Å². The van der Waals surface area contributed by atoms with Crippen molar-refractivity contribution < 1.29 is 10.0 Å². The van der Waals surface area contributed by atoms with E-state index in [1.165, 1.54) is 10.9 Å². The topological polar surface area (TPSA) is 93.2 Å². The van der Waals surface area contributed by atoms with Gasteiger partial charge in [-0.1, -0.05) is 20.8 Å². The van der Waals surface area contributed by atoms with Crippen molar-refractivity contribution in [3.63, 3.8) is 0 Å². The largest absolute Gasteiger partial charge is 0.391 e. The molecule has 0 saturated carbocycles. The lowest BCUT2D eigenvalue weighted by Crippen LogP contribution is -2.25. The van der Waals surface area contributed by atoms with Crippen LogP contribution in [-0.4, -0.2) is 32.5 Å². The molecule has 0 aliphatic carbocycles. The van der Waals surface area contributed by atoms with E-state index in [1.807, 2.05) is 20.8 Å². The van der Waals surface area contributed by atoms with Gasteiger partial charge in [-0.15, -0.1) is 5.10 Å². The van der Waals surface area contributed by atoms with Gasteiger partial charge < -0.3 is 10.4 Å². The molecule has 1 aromatic rings. The Labute approximate surface area is 106 Å². The second-order valence-corrected chi connectivity index (χ2v) is 5.59. The third kappa shape index (κ3) is 4.33. The normalized spacial score (nSPS) is 13.4. The predicted octanol–water partition coefficient (Wildman–Crippen LogP) is 1.54. The van der Waals surface area contributed by atoms with E-state index in [-0.39, 0.29) is 23.5 Å². The Morgan fingerprint density at radius 2 is 2.22 bits per heavy atom. The van der Waals surface area contributed by atoms with Crippen molar-refractivity contribution >= 4 is 11.5 Å². The molecule has 1 atom stereocenters. The molecule has 0 fully saturated rings. The predicted molar refractivity (Wildman–Crippen MR) is 68.4 cm³/mol. The lowest BCUT2D eigenvalue weighted by molar-refractivity contribution is -0.384. The van der Waals surface area contributed by atoms with Gasteiger partial charge in [-0.25, -0.2) is 0 Å². The van der Waals surface area contributed by atoms with Gasteiger partial charge in [0.25, 0.3) is 0 Å². The summed E-state index contributed by atoms with van der Waals surface area (Å²) in [5.74, 6) is 0.190. The van der Waals surface area contributed by atoms with Crippen LogP contribution in [0.3, 0.4) is 0 Å². The zero-order valence-electron chi connectivity index (χ0n) is 11.2. The van der Waals surface area contributed by atoms with Crippen molar-refractivity contribution in [2.75, 3.05) is 11.9 Å². The summed E-state index contributed by atoms with van der Waals surface area (Å²) in [6, 6.07) is 0. The number of nitro groups is 1. The first kappa shape index (κ1) is 14.4. The van der Waals surface area contributed by atoms with Crippen LogP contribution in [0.2, 0.25) is 0 Å². The van der Waals surface area contributed by atoms with Crippen molar-refractivity contribution in [3.05, 3.63) is 16.3 Å². The summed E-state index contributed by atoms with van der Waals surface area (Å²) in [5.41, 5.74) is -0.0719. The molecule has 0 radical (unpaired) electrons. The molecule has 7 heteroatoms. The van der Waals surface area contributed by atoms with Gasteiger partial charge in [0.05, 0.1) is 11.0 Å². The Balaban J connectivity index is 2.61. The fourth-order valence-electron chi connectivity index (χ4n) is 1.73. The minimum atomic E-state index is -0.563. The number of hydrogen-bond acceptors (Lipinski definition) is 5. The molecule has 7 nitrogen and oxygen atoms in total. The number of aliphatic hydroxyl groups is 1. The molecule has 0 aliphatic rings.